The largest absolute Gasteiger partial charge is 0.320 e. The topological polar surface area (TPSA) is 50.6 Å². The number of hydrogen-bond donors (Lipinski definition) is 2. The van der Waals surface area contributed by atoms with E-state index in [1.165, 1.54) is 18.3 Å². The Hall–Kier alpha value is -1.95. The molecule has 0 spiro atoms. The lowest BCUT2D eigenvalue weighted by molar-refractivity contribution is -0.899. The number of ketones is 1. The number of carbonyl (C=O) groups excluding carboxylic acids is 2. The summed E-state index contributed by atoms with van der Waals surface area (Å²) in [6, 6.07) is 10.8. The molecule has 1 aromatic carbocycles. The van der Waals surface area contributed by atoms with E-state index in [1.54, 1.807) is 30.3 Å². The normalized spacial score (nSPS) is 11.8. The molecule has 24 heavy (non-hydrogen) atoms. The SMILES string of the molecule is C=CC[NH+](CC(=O)Nc1ccccc1C(C)=O)Cc1ccc(Cl)s1. The molecule has 2 N–H and O–H groups in total. The van der Waals surface area contributed by atoms with E-state index in [0.29, 0.717) is 24.3 Å². The molecule has 1 aromatic heterocycles. The van der Waals surface area contributed by atoms with Gasteiger partial charge < -0.3 is 10.2 Å². The second-order valence-electron chi connectivity index (χ2n) is 5.45. The molecule has 0 aliphatic rings. The number of rotatable bonds is 8. The Morgan fingerprint density at radius 1 is 1.29 bits per heavy atom. The number of para-hydroxylation sites is 1. The Bertz CT molecular complexity index is 742. The molecule has 4 nitrogen and oxygen atoms in total. The quantitative estimate of drug-likeness (QED) is 0.559. The molecule has 1 atom stereocenters. The number of nitrogens with one attached hydrogen (secondary N) is 2. The van der Waals surface area contributed by atoms with Crippen LogP contribution in [-0.4, -0.2) is 24.8 Å². The monoisotopic (exact) mass is 363 g/mol. The van der Waals surface area contributed by atoms with Gasteiger partial charge in [0.1, 0.15) is 6.54 Å². The van der Waals surface area contributed by atoms with Crippen molar-refractivity contribution in [1.82, 2.24) is 0 Å². The highest BCUT2D eigenvalue weighted by Gasteiger charge is 2.16. The molecule has 0 aliphatic heterocycles. The van der Waals surface area contributed by atoms with Gasteiger partial charge in [0.25, 0.3) is 5.91 Å². The molecule has 0 radical (unpaired) electrons. The molecule has 1 heterocycles. The predicted molar refractivity (Wildman–Crippen MR) is 99.0 cm³/mol. The molecule has 0 bridgehead atoms. The number of benzene rings is 1. The van der Waals surface area contributed by atoms with Crippen LogP contribution in [0.2, 0.25) is 4.34 Å². The van der Waals surface area contributed by atoms with Gasteiger partial charge in [-0.3, -0.25) is 9.59 Å². The van der Waals surface area contributed by atoms with Gasteiger partial charge in [-0.25, -0.2) is 0 Å². The van der Waals surface area contributed by atoms with Crippen LogP contribution in [0.3, 0.4) is 0 Å². The number of halogens is 1. The van der Waals surface area contributed by atoms with Crippen LogP contribution in [-0.2, 0) is 11.3 Å². The maximum absolute atomic E-state index is 12.4. The number of thiophene rings is 1. The molecule has 6 heteroatoms. The van der Waals surface area contributed by atoms with Gasteiger partial charge in [-0.2, -0.15) is 0 Å². The van der Waals surface area contributed by atoms with Crippen LogP contribution in [0.1, 0.15) is 22.2 Å². The third kappa shape index (κ3) is 5.30. The molecule has 0 saturated carbocycles. The van der Waals surface area contributed by atoms with Gasteiger partial charge in [0.05, 0.1) is 21.4 Å². The molecule has 2 rings (SSSR count). The van der Waals surface area contributed by atoms with Crippen molar-refractivity contribution in [3.8, 4) is 0 Å². The van der Waals surface area contributed by atoms with E-state index >= 15 is 0 Å². The van der Waals surface area contributed by atoms with Crippen molar-refractivity contribution in [3.63, 3.8) is 0 Å². The number of hydrogen-bond acceptors (Lipinski definition) is 3. The van der Waals surface area contributed by atoms with Gasteiger partial charge in [0.2, 0.25) is 0 Å². The molecular weight excluding hydrogens is 344 g/mol. The van der Waals surface area contributed by atoms with Crippen LogP contribution in [0.25, 0.3) is 0 Å². The van der Waals surface area contributed by atoms with Gasteiger partial charge in [-0.05, 0) is 37.3 Å². The first kappa shape index (κ1) is 18.4. The van der Waals surface area contributed by atoms with E-state index in [1.807, 2.05) is 12.1 Å². The third-order valence-electron chi connectivity index (χ3n) is 3.48. The molecule has 1 unspecified atom stereocenters. The average Bonchev–Trinajstić information content (AvgIpc) is 2.92. The summed E-state index contributed by atoms with van der Waals surface area (Å²) in [6.45, 7) is 6.89. The van der Waals surface area contributed by atoms with Gasteiger partial charge >= 0.3 is 0 Å². The fraction of sp³-hybridized carbons (Fsp3) is 0.222. The second kappa shape index (κ2) is 8.78. The lowest BCUT2D eigenvalue weighted by Crippen LogP contribution is -3.11. The van der Waals surface area contributed by atoms with E-state index in [9.17, 15) is 9.59 Å². The molecule has 0 saturated heterocycles. The van der Waals surface area contributed by atoms with Crippen molar-refractivity contribution in [3.05, 3.63) is 63.8 Å². The zero-order chi connectivity index (χ0) is 17.5. The van der Waals surface area contributed by atoms with Crippen molar-refractivity contribution in [2.24, 2.45) is 0 Å². The first-order valence-corrected chi connectivity index (χ1v) is 8.77. The molecule has 0 fully saturated rings. The Kier molecular flexibility index (Phi) is 6.73. The maximum Gasteiger partial charge on any atom is 0.279 e. The second-order valence-corrected chi connectivity index (χ2v) is 7.25. The zero-order valence-corrected chi connectivity index (χ0v) is 15.0. The van der Waals surface area contributed by atoms with Crippen molar-refractivity contribution in [2.75, 3.05) is 18.4 Å². The Labute approximate surface area is 150 Å². The van der Waals surface area contributed by atoms with Crippen LogP contribution in [0.15, 0.2) is 49.1 Å². The van der Waals surface area contributed by atoms with Gasteiger partial charge in [0, 0.05) is 5.56 Å². The van der Waals surface area contributed by atoms with E-state index < -0.39 is 0 Å². The number of carbonyl (C=O) groups is 2. The van der Waals surface area contributed by atoms with Crippen molar-refractivity contribution in [1.29, 1.82) is 0 Å². The van der Waals surface area contributed by atoms with Crippen LogP contribution in [0, 0.1) is 0 Å². The van der Waals surface area contributed by atoms with Crippen molar-refractivity contribution in [2.45, 2.75) is 13.5 Å². The van der Waals surface area contributed by atoms with Gasteiger partial charge in [-0.1, -0.05) is 30.3 Å². The summed E-state index contributed by atoms with van der Waals surface area (Å²) in [5.41, 5.74) is 1.06. The zero-order valence-electron chi connectivity index (χ0n) is 13.5. The van der Waals surface area contributed by atoms with E-state index in [0.717, 1.165) is 14.1 Å². The summed E-state index contributed by atoms with van der Waals surface area (Å²) in [5.74, 6) is -0.211. The summed E-state index contributed by atoms with van der Waals surface area (Å²) in [6.07, 6.45) is 1.79. The molecule has 1 amide bonds. The Morgan fingerprint density at radius 3 is 2.67 bits per heavy atom. The third-order valence-corrected chi connectivity index (χ3v) is 4.71. The lowest BCUT2D eigenvalue weighted by atomic mass is 10.1. The minimum Gasteiger partial charge on any atom is -0.320 e. The number of quaternary nitrogens is 1. The summed E-state index contributed by atoms with van der Waals surface area (Å²) >= 11 is 7.47. The smallest absolute Gasteiger partial charge is 0.279 e. The fourth-order valence-corrected chi connectivity index (χ4v) is 3.58. The highest BCUT2D eigenvalue weighted by molar-refractivity contribution is 7.16. The number of amides is 1. The Morgan fingerprint density at radius 2 is 2.04 bits per heavy atom. The lowest BCUT2D eigenvalue weighted by Gasteiger charge is -2.17. The van der Waals surface area contributed by atoms with Gasteiger partial charge in [-0.15, -0.1) is 11.3 Å². The maximum atomic E-state index is 12.4. The highest BCUT2D eigenvalue weighted by atomic mass is 35.5. The molecule has 0 aliphatic carbocycles. The summed E-state index contributed by atoms with van der Waals surface area (Å²) in [5, 5.41) is 2.83. The van der Waals surface area contributed by atoms with Crippen molar-refractivity contribution < 1.29 is 14.5 Å². The van der Waals surface area contributed by atoms with Crippen LogP contribution in [0.5, 0.6) is 0 Å². The standard InChI is InChI=1S/C18H19ClN2O2S/c1-3-10-21(11-14-8-9-17(19)24-14)12-18(23)20-16-7-5-4-6-15(16)13(2)22/h3-9H,1,10-12H2,2H3,(H,20,23)/p+1. The number of Topliss-reactive ketones (excluding diaryl/α,β-unsaturated/α-hetero) is 1. The Balaban J connectivity index is 2.03. The van der Waals surface area contributed by atoms with Crippen LogP contribution >= 0.6 is 22.9 Å². The van der Waals surface area contributed by atoms with E-state index in [2.05, 4.69) is 11.9 Å². The summed E-state index contributed by atoms with van der Waals surface area (Å²) in [7, 11) is 0. The van der Waals surface area contributed by atoms with E-state index in [4.69, 9.17) is 11.6 Å². The highest BCUT2D eigenvalue weighted by Crippen LogP contribution is 2.20. The molecule has 2 aromatic rings. The summed E-state index contributed by atoms with van der Waals surface area (Å²) < 4.78 is 0.739. The fourth-order valence-electron chi connectivity index (χ4n) is 2.42. The van der Waals surface area contributed by atoms with Crippen molar-refractivity contribution >= 4 is 40.3 Å². The average molecular weight is 364 g/mol. The van der Waals surface area contributed by atoms with Gasteiger partial charge in [0.15, 0.2) is 12.3 Å². The predicted octanol–water partition coefficient (Wildman–Crippen LogP) is 2.81. The minimum absolute atomic E-state index is 0.0746. The first-order chi connectivity index (χ1) is 11.5. The number of anilines is 1. The molecular formula is C18H20ClN2O2S+. The molecule has 126 valence electrons. The van der Waals surface area contributed by atoms with E-state index in [-0.39, 0.29) is 18.2 Å². The van der Waals surface area contributed by atoms with Crippen LogP contribution in [0.4, 0.5) is 5.69 Å². The first-order valence-electron chi connectivity index (χ1n) is 7.58. The van der Waals surface area contributed by atoms with Crippen LogP contribution < -0.4 is 10.2 Å². The minimum atomic E-state index is -0.136. The summed E-state index contributed by atoms with van der Waals surface area (Å²) in [4.78, 5) is 26.2.